The molecule has 5 heteroatoms. The van der Waals surface area contributed by atoms with Crippen LogP contribution in [0.15, 0.2) is 24.3 Å². The highest BCUT2D eigenvalue weighted by Crippen LogP contribution is 2.33. The van der Waals surface area contributed by atoms with E-state index in [1.807, 2.05) is 31.2 Å². The number of nitrogens with zero attached hydrogens (tertiary/aromatic N) is 1. The van der Waals surface area contributed by atoms with Crippen molar-refractivity contribution >= 4 is 15.7 Å². The molecule has 4 nitrogen and oxygen atoms in total. The molecule has 0 amide bonds. The minimum Gasteiger partial charge on any atom is -0.326 e. The molecule has 100 valence electrons. The average molecular weight is 268 g/mol. The summed E-state index contributed by atoms with van der Waals surface area (Å²) in [5, 5.41) is -0.168. The summed E-state index contributed by atoms with van der Waals surface area (Å²) in [4.78, 5) is 0. The molecule has 18 heavy (non-hydrogen) atoms. The van der Waals surface area contributed by atoms with E-state index in [0.29, 0.717) is 13.1 Å². The van der Waals surface area contributed by atoms with E-state index in [1.165, 1.54) is 0 Å². The number of anilines is 1. The summed E-state index contributed by atoms with van der Waals surface area (Å²) < 4.78 is 26.2. The molecule has 1 saturated carbocycles. The summed E-state index contributed by atoms with van der Waals surface area (Å²) in [6, 6.07) is 7.47. The maximum atomic E-state index is 12.3. The van der Waals surface area contributed by atoms with Crippen LogP contribution >= 0.6 is 0 Å². The Morgan fingerprint density at radius 2 is 1.89 bits per heavy atom. The lowest BCUT2D eigenvalue weighted by Gasteiger charge is -2.24. The van der Waals surface area contributed by atoms with Crippen molar-refractivity contribution in [3.05, 3.63) is 29.8 Å². The third kappa shape index (κ3) is 2.67. The van der Waals surface area contributed by atoms with E-state index >= 15 is 0 Å². The van der Waals surface area contributed by atoms with Gasteiger partial charge < -0.3 is 5.73 Å². The molecule has 1 aliphatic carbocycles. The summed E-state index contributed by atoms with van der Waals surface area (Å²) in [6.07, 6.45) is 2.40. The van der Waals surface area contributed by atoms with E-state index in [4.69, 9.17) is 5.73 Å². The van der Waals surface area contributed by atoms with Crippen LogP contribution in [-0.4, -0.2) is 20.2 Å². The average Bonchev–Trinajstić information content (AvgIpc) is 3.20. The fourth-order valence-corrected chi connectivity index (χ4v) is 3.89. The number of rotatable bonds is 6. The monoisotopic (exact) mass is 268 g/mol. The van der Waals surface area contributed by atoms with Crippen molar-refractivity contribution in [2.24, 2.45) is 5.73 Å². The third-order valence-electron chi connectivity index (χ3n) is 3.14. The van der Waals surface area contributed by atoms with Gasteiger partial charge >= 0.3 is 0 Å². The predicted octanol–water partition coefficient (Wildman–Crippen LogP) is 1.85. The molecule has 1 fully saturated rings. The molecule has 1 aromatic carbocycles. The van der Waals surface area contributed by atoms with Crippen molar-refractivity contribution in [3.8, 4) is 0 Å². The van der Waals surface area contributed by atoms with Crippen molar-refractivity contribution in [3.63, 3.8) is 0 Å². The van der Waals surface area contributed by atoms with E-state index in [9.17, 15) is 8.42 Å². The van der Waals surface area contributed by atoms with E-state index in [1.54, 1.807) is 4.31 Å². The molecule has 0 atom stereocenters. The fraction of sp³-hybridized carbons (Fsp3) is 0.538. The van der Waals surface area contributed by atoms with Crippen LogP contribution in [0.25, 0.3) is 0 Å². The van der Waals surface area contributed by atoms with Gasteiger partial charge in [-0.15, -0.1) is 0 Å². The van der Waals surface area contributed by atoms with Crippen LogP contribution in [0, 0.1) is 0 Å². The Hall–Kier alpha value is -1.07. The Balaban J connectivity index is 2.28. The highest BCUT2D eigenvalue weighted by molar-refractivity contribution is 7.93. The molecule has 0 unspecified atom stereocenters. The van der Waals surface area contributed by atoms with Crippen LogP contribution in [0.3, 0.4) is 0 Å². The van der Waals surface area contributed by atoms with Gasteiger partial charge in [0, 0.05) is 13.1 Å². The van der Waals surface area contributed by atoms with Crippen LogP contribution in [0.2, 0.25) is 0 Å². The van der Waals surface area contributed by atoms with Crippen molar-refractivity contribution in [1.82, 2.24) is 0 Å². The maximum Gasteiger partial charge on any atom is 0.238 e. The number of hydrogen-bond donors (Lipinski definition) is 1. The maximum absolute atomic E-state index is 12.3. The van der Waals surface area contributed by atoms with Crippen LogP contribution in [-0.2, 0) is 16.6 Å². The van der Waals surface area contributed by atoms with Gasteiger partial charge in [0.05, 0.1) is 10.9 Å². The molecule has 0 aliphatic heterocycles. The summed E-state index contributed by atoms with van der Waals surface area (Å²) in [6.45, 7) is 3.01. The topological polar surface area (TPSA) is 63.4 Å². The molecule has 1 aromatic rings. The van der Waals surface area contributed by atoms with Gasteiger partial charge in [-0.1, -0.05) is 19.1 Å². The molecule has 1 aliphatic rings. The number of hydrogen-bond acceptors (Lipinski definition) is 3. The molecule has 2 N–H and O–H groups in total. The molecular weight excluding hydrogens is 248 g/mol. The minimum absolute atomic E-state index is 0.168. The highest BCUT2D eigenvalue weighted by Gasteiger charge is 2.39. The number of nitrogens with two attached hydrogens (primary N) is 1. The number of benzene rings is 1. The van der Waals surface area contributed by atoms with Crippen LogP contribution < -0.4 is 10.0 Å². The summed E-state index contributed by atoms with van der Waals surface area (Å²) >= 11 is 0. The van der Waals surface area contributed by atoms with E-state index in [2.05, 4.69) is 0 Å². The number of sulfonamides is 1. The Morgan fingerprint density at radius 1 is 1.28 bits per heavy atom. The van der Waals surface area contributed by atoms with Gasteiger partial charge in [0.2, 0.25) is 10.0 Å². The zero-order chi connectivity index (χ0) is 13.2. The largest absolute Gasteiger partial charge is 0.326 e. The van der Waals surface area contributed by atoms with E-state index < -0.39 is 10.0 Å². The first kappa shape index (κ1) is 13.4. The predicted molar refractivity (Wildman–Crippen MR) is 73.9 cm³/mol. The minimum atomic E-state index is -3.16. The Labute approximate surface area is 109 Å². The van der Waals surface area contributed by atoms with Crippen molar-refractivity contribution in [1.29, 1.82) is 0 Å². The van der Waals surface area contributed by atoms with Gasteiger partial charge in [-0.25, -0.2) is 8.42 Å². The second kappa shape index (κ2) is 5.28. The first-order valence-electron chi connectivity index (χ1n) is 6.40. The van der Waals surface area contributed by atoms with Gasteiger partial charge in [-0.3, -0.25) is 4.31 Å². The summed E-state index contributed by atoms with van der Waals surface area (Å²) in [5.74, 6) is 0. The van der Waals surface area contributed by atoms with Gasteiger partial charge in [0.25, 0.3) is 0 Å². The molecule has 0 radical (unpaired) electrons. The van der Waals surface area contributed by atoms with Gasteiger partial charge in [0.15, 0.2) is 0 Å². The molecule has 0 bridgehead atoms. The van der Waals surface area contributed by atoms with E-state index in [0.717, 1.165) is 30.5 Å². The molecular formula is C13H20N2O2S. The summed E-state index contributed by atoms with van der Waals surface area (Å²) in [5.41, 5.74) is 7.31. The smallest absolute Gasteiger partial charge is 0.238 e. The lowest BCUT2D eigenvalue weighted by molar-refractivity contribution is 0.589. The Morgan fingerprint density at radius 3 is 2.33 bits per heavy atom. The second-order valence-electron chi connectivity index (χ2n) is 4.69. The molecule has 2 rings (SSSR count). The summed E-state index contributed by atoms with van der Waals surface area (Å²) in [7, 11) is -3.16. The zero-order valence-electron chi connectivity index (χ0n) is 10.7. The Kier molecular flexibility index (Phi) is 3.92. The van der Waals surface area contributed by atoms with Crippen molar-refractivity contribution < 1.29 is 8.42 Å². The molecule has 0 heterocycles. The fourth-order valence-electron chi connectivity index (χ4n) is 1.95. The zero-order valence-corrected chi connectivity index (χ0v) is 11.5. The Bertz CT molecular complexity index is 492. The second-order valence-corrected chi connectivity index (χ2v) is 6.82. The van der Waals surface area contributed by atoms with Crippen LogP contribution in [0.4, 0.5) is 5.69 Å². The van der Waals surface area contributed by atoms with Crippen molar-refractivity contribution in [2.75, 3.05) is 10.8 Å². The first-order chi connectivity index (χ1) is 8.59. The van der Waals surface area contributed by atoms with Gasteiger partial charge in [-0.05, 0) is 37.0 Å². The van der Waals surface area contributed by atoms with E-state index in [-0.39, 0.29) is 5.25 Å². The SMILES string of the molecule is CCCN(c1ccc(CN)cc1)S(=O)(=O)C1CC1. The quantitative estimate of drug-likeness (QED) is 0.856. The van der Waals surface area contributed by atoms with Crippen LogP contribution in [0.5, 0.6) is 0 Å². The standard InChI is InChI=1S/C13H20N2O2S/c1-2-9-15(18(16,17)13-7-8-13)12-5-3-11(10-14)4-6-12/h3-6,13H,2,7-10,14H2,1H3. The molecule has 0 spiro atoms. The third-order valence-corrected chi connectivity index (χ3v) is 5.46. The first-order valence-corrected chi connectivity index (χ1v) is 7.90. The molecule has 0 saturated heterocycles. The van der Waals surface area contributed by atoms with Crippen molar-refractivity contribution in [2.45, 2.75) is 38.0 Å². The van der Waals surface area contributed by atoms with Gasteiger partial charge in [0.1, 0.15) is 0 Å². The van der Waals surface area contributed by atoms with Gasteiger partial charge in [-0.2, -0.15) is 0 Å². The lowest BCUT2D eigenvalue weighted by Crippen LogP contribution is -2.34. The van der Waals surface area contributed by atoms with Crippen LogP contribution in [0.1, 0.15) is 31.7 Å². The molecule has 0 aromatic heterocycles. The lowest BCUT2D eigenvalue weighted by atomic mass is 10.2. The normalized spacial score (nSPS) is 15.7. The highest BCUT2D eigenvalue weighted by atomic mass is 32.2.